The van der Waals surface area contributed by atoms with Gasteiger partial charge in [-0.15, -0.1) is 0 Å². The average Bonchev–Trinajstić information content (AvgIpc) is 2.78. The van der Waals surface area contributed by atoms with Gasteiger partial charge < -0.3 is 14.5 Å². The number of rotatable bonds is 9. The predicted molar refractivity (Wildman–Crippen MR) is 117 cm³/mol. The average molecular weight is 403 g/mol. The van der Waals surface area contributed by atoms with E-state index < -0.39 is 0 Å². The summed E-state index contributed by atoms with van der Waals surface area (Å²) in [6, 6.07) is 8.21. The number of amides is 1. The van der Waals surface area contributed by atoms with E-state index in [2.05, 4.69) is 26.8 Å². The Morgan fingerprint density at radius 1 is 0.897 bits per heavy atom. The lowest BCUT2D eigenvalue weighted by atomic mass is 10.1. The van der Waals surface area contributed by atoms with Crippen LogP contribution in [-0.2, 0) is 11.3 Å². The van der Waals surface area contributed by atoms with Gasteiger partial charge in [0.1, 0.15) is 0 Å². The number of carbonyl (C=O) groups excluding carboxylic acids is 1. The molecule has 0 saturated carbocycles. The molecule has 0 unspecified atom stereocenters. The van der Waals surface area contributed by atoms with E-state index in [4.69, 9.17) is 4.74 Å². The number of piperazine rings is 1. The van der Waals surface area contributed by atoms with Gasteiger partial charge >= 0.3 is 0 Å². The summed E-state index contributed by atoms with van der Waals surface area (Å²) >= 11 is 0. The third kappa shape index (κ3) is 7.07. The van der Waals surface area contributed by atoms with Crippen molar-refractivity contribution >= 4 is 5.91 Å². The molecule has 1 aromatic carbocycles. The van der Waals surface area contributed by atoms with E-state index in [1.165, 1.54) is 37.9 Å². The number of benzene rings is 1. The maximum Gasteiger partial charge on any atom is 0.253 e. The molecule has 29 heavy (non-hydrogen) atoms. The second kappa shape index (κ2) is 11.6. The van der Waals surface area contributed by atoms with Crippen LogP contribution in [0.4, 0.5) is 0 Å². The van der Waals surface area contributed by atoms with Crippen molar-refractivity contribution in [1.29, 1.82) is 0 Å². The molecule has 0 atom stereocenters. The van der Waals surface area contributed by atoms with Gasteiger partial charge in [-0.2, -0.15) is 0 Å². The van der Waals surface area contributed by atoms with E-state index in [0.29, 0.717) is 0 Å². The van der Waals surface area contributed by atoms with E-state index in [9.17, 15) is 4.79 Å². The molecule has 6 nitrogen and oxygen atoms in total. The van der Waals surface area contributed by atoms with E-state index in [-0.39, 0.29) is 5.91 Å². The molecule has 0 bridgehead atoms. The van der Waals surface area contributed by atoms with Crippen LogP contribution in [0.1, 0.15) is 35.2 Å². The van der Waals surface area contributed by atoms with Crippen molar-refractivity contribution in [3.63, 3.8) is 0 Å². The highest BCUT2D eigenvalue weighted by atomic mass is 16.5. The van der Waals surface area contributed by atoms with E-state index in [1.807, 2.05) is 24.1 Å². The fourth-order valence-corrected chi connectivity index (χ4v) is 4.20. The zero-order valence-electron chi connectivity index (χ0n) is 18.3. The second-order valence-electron chi connectivity index (χ2n) is 8.44. The first kappa shape index (κ1) is 22.2. The minimum atomic E-state index is 0.125. The van der Waals surface area contributed by atoms with Gasteiger partial charge in [0, 0.05) is 72.1 Å². The minimum Gasteiger partial charge on any atom is -0.383 e. The van der Waals surface area contributed by atoms with Gasteiger partial charge in [0.05, 0.1) is 6.61 Å². The smallest absolute Gasteiger partial charge is 0.253 e. The third-order valence-corrected chi connectivity index (χ3v) is 6.23. The number of hydrogen-bond acceptors (Lipinski definition) is 5. The molecule has 0 N–H and O–H groups in total. The van der Waals surface area contributed by atoms with Crippen molar-refractivity contribution < 1.29 is 9.53 Å². The van der Waals surface area contributed by atoms with Crippen LogP contribution in [0.5, 0.6) is 0 Å². The summed E-state index contributed by atoms with van der Waals surface area (Å²) in [5, 5.41) is 0. The summed E-state index contributed by atoms with van der Waals surface area (Å²) < 4.78 is 5.17. The third-order valence-electron chi connectivity index (χ3n) is 6.23. The highest BCUT2D eigenvalue weighted by molar-refractivity contribution is 5.94. The molecule has 2 aliphatic rings. The first-order valence-corrected chi connectivity index (χ1v) is 11.2. The highest BCUT2D eigenvalue weighted by Crippen LogP contribution is 2.12. The van der Waals surface area contributed by atoms with Gasteiger partial charge in [0.15, 0.2) is 0 Å². The molecule has 0 aromatic heterocycles. The van der Waals surface area contributed by atoms with Crippen molar-refractivity contribution in [2.75, 3.05) is 79.7 Å². The highest BCUT2D eigenvalue weighted by Gasteiger charge is 2.18. The maximum absolute atomic E-state index is 12.7. The van der Waals surface area contributed by atoms with Crippen LogP contribution >= 0.6 is 0 Å². The molecular formula is C23H38N4O2. The fourth-order valence-electron chi connectivity index (χ4n) is 4.20. The van der Waals surface area contributed by atoms with Crippen LogP contribution in [0.3, 0.4) is 0 Å². The summed E-state index contributed by atoms with van der Waals surface area (Å²) in [6.07, 6.45) is 3.93. The first-order chi connectivity index (χ1) is 14.2. The molecule has 1 aromatic rings. The van der Waals surface area contributed by atoms with Crippen molar-refractivity contribution in [2.45, 2.75) is 25.8 Å². The van der Waals surface area contributed by atoms with Gasteiger partial charge in [0.2, 0.25) is 0 Å². The fraction of sp³-hybridized carbons (Fsp3) is 0.696. The molecule has 1 amide bonds. The molecular weight excluding hydrogens is 364 g/mol. The van der Waals surface area contributed by atoms with Crippen LogP contribution in [0.2, 0.25) is 0 Å². The topological polar surface area (TPSA) is 39.3 Å². The van der Waals surface area contributed by atoms with Crippen molar-refractivity contribution in [3.8, 4) is 0 Å². The standard InChI is InChI=1S/C23H38N4O2/c1-24(12-13-25-10-4-3-5-11-25)23(28)22-8-6-21(7-9-22)20-27-16-14-26(15-17-27)18-19-29-2/h6-9H,3-5,10-20H2,1-2H3. The lowest BCUT2D eigenvalue weighted by Crippen LogP contribution is -2.46. The Hall–Kier alpha value is -1.47. The van der Waals surface area contributed by atoms with E-state index >= 15 is 0 Å². The molecule has 0 spiro atoms. The van der Waals surface area contributed by atoms with E-state index in [1.54, 1.807) is 7.11 Å². The Kier molecular flexibility index (Phi) is 8.92. The Bertz CT molecular complexity index is 608. The number of likely N-dealkylation sites (tertiary alicyclic amines) is 1. The van der Waals surface area contributed by atoms with Crippen molar-refractivity contribution in [1.82, 2.24) is 19.6 Å². The van der Waals surface area contributed by atoms with Gasteiger partial charge in [-0.3, -0.25) is 14.6 Å². The van der Waals surface area contributed by atoms with Crippen LogP contribution < -0.4 is 0 Å². The molecule has 0 radical (unpaired) electrons. The number of ether oxygens (including phenoxy) is 1. The Balaban J connectivity index is 1.41. The Labute approximate surface area is 176 Å². The zero-order valence-corrected chi connectivity index (χ0v) is 18.3. The summed E-state index contributed by atoms with van der Waals surface area (Å²) in [4.78, 5) is 22.0. The number of hydrogen-bond donors (Lipinski definition) is 0. The number of piperidine rings is 1. The molecule has 162 valence electrons. The summed E-state index contributed by atoms with van der Waals surface area (Å²) in [6.45, 7) is 11.3. The second-order valence-corrected chi connectivity index (χ2v) is 8.44. The molecule has 2 aliphatic heterocycles. The van der Waals surface area contributed by atoms with Crippen LogP contribution in [0.25, 0.3) is 0 Å². The largest absolute Gasteiger partial charge is 0.383 e. The van der Waals surface area contributed by atoms with Gasteiger partial charge in [0.25, 0.3) is 5.91 Å². The van der Waals surface area contributed by atoms with Crippen molar-refractivity contribution in [3.05, 3.63) is 35.4 Å². The van der Waals surface area contributed by atoms with Crippen LogP contribution in [-0.4, -0.2) is 105 Å². The molecule has 2 fully saturated rings. The van der Waals surface area contributed by atoms with E-state index in [0.717, 1.165) is 64.5 Å². The summed E-state index contributed by atoms with van der Waals surface area (Å²) in [7, 11) is 3.68. The number of methoxy groups -OCH3 is 1. The lowest BCUT2D eigenvalue weighted by Gasteiger charge is -2.34. The quantitative estimate of drug-likeness (QED) is 0.632. The molecule has 3 rings (SSSR count). The SMILES string of the molecule is COCCN1CCN(Cc2ccc(C(=O)N(C)CCN3CCCCC3)cc2)CC1. The monoisotopic (exact) mass is 402 g/mol. The first-order valence-electron chi connectivity index (χ1n) is 11.2. The zero-order chi connectivity index (χ0) is 20.5. The normalized spacial score (nSPS) is 19.4. The number of likely N-dealkylation sites (N-methyl/N-ethyl adjacent to an activating group) is 1. The lowest BCUT2D eigenvalue weighted by molar-refractivity contribution is 0.0772. The van der Waals surface area contributed by atoms with Crippen LogP contribution in [0.15, 0.2) is 24.3 Å². The van der Waals surface area contributed by atoms with Gasteiger partial charge in [-0.25, -0.2) is 0 Å². The number of nitrogens with zero attached hydrogens (tertiary/aromatic N) is 4. The number of carbonyl (C=O) groups is 1. The van der Waals surface area contributed by atoms with Gasteiger partial charge in [-0.1, -0.05) is 18.6 Å². The minimum absolute atomic E-state index is 0.125. The van der Waals surface area contributed by atoms with Crippen molar-refractivity contribution in [2.24, 2.45) is 0 Å². The van der Waals surface area contributed by atoms with Crippen LogP contribution in [0, 0.1) is 0 Å². The Morgan fingerprint density at radius 2 is 1.52 bits per heavy atom. The molecule has 2 saturated heterocycles. The molecule has 0 aliphatic carbocycles. The Morgan fingerprint density at radius 3 is 2.17 bits per heavy atom. The van der Waals surface area contributed by atoms with Gasteiger partial charge in [-0.05, 0) is 43.6 Å². The maximum atomic E-state index is 12.7. The summed E-state index contributed by atoms with van der Waals surface area (Å²) in [5.74, 6) is 0.125. The molecule has 2 heterocycles. The molecule has 6 heteroatoms. The predicted octanol–water partition coefficient (Wildman–Crippen LogP) is 2.01. The summed E-state index contributed by atoms with van der Waals surface area (Å²) in [5.41, 5.74) is 2.07.